The number of carbonyl (C=O) groups is 1. The monoisotopic (exact) mass is 490 g/mol. The number of ether oxygens (including phenoxy) is 1. The predicted molar refractivity (Wildman–Crippen MR) is 114 cm³/mol. The highest BCUT2D eigenvalue weighted by atomic mass is 127. The molecule has 0 unspecified atom stereocenters. The van der Waals surface area contributed by atoms with Crippen LogP contribution in [0.4, 0.5) is 9.18 Å². The lowest BCUT2D eigenvalue weighted by atomic mass is 9.95. The van der Waals surface area contributed by atoms with Crippen LogP contribution in [0.2, 0.25) is 0 Å². The van der Waals surface area contributed by atoms with Crippen molar-refractivity contribution < 1.29 is 13.9 Å². The minimum Gasteiger partial charge on any atom is -0.450 e. The Kier molecular flexibility index (Phi) is 7.69. The van der Waals surface area contributed by atoms with E-state index < -0.39 is 0 Å². The van der Waals surface area contributed by atoms with E-state index in [-0.39, 0.29) is 41.3 Å². The van der Waals surface area contributed by atoms with Crippen LogP contribution in [0.15, 0.2) is 29.3 Å². The summed E-state index contributed by atoms with van der Waals surface area (Å²) in [4.78, 5) is 20.0. The number of amides is 1. The van der Waals surface area contributed by atoms with E-state index in [4.69, 9.17) is 4.74 Å². The van der Waals surface area contributed by atoms with E-state index in [1.54, 1.807) is 18.0 Å². The molecule has 1 heterocycles. The Labute approximate surface area is 177 Å². The third kappa shape index (κ3) is 5.03. The summed E-state index contributed by atoms with van der Waals surface area (Å²) in [6.07, 6.45) is 1.70. The molecule has 1 saturated carbocycles. The number of hydrogen-bond donors (Lipinski definition) is 1. The summed E-state index contributed by atoms with van der Waals surface area (Å²) < 4.78 is 19.2. The lowest BCUT2D eigenvalue weighted by Crippen LogP contribution is -2.54. The van der Waals surface area contributed by atoms with Crippen LogP contribution in [0, 0.1) is 5.82 Å². The zero-order valence-electron chi connectivity index (χ0n) is 15.9. The molecule has 6 nitrogen and oxygen atoms in total. The maximum atomic E-state index is 14.1. The van der Waals surface area contributed by atoms with Crippen LogP contribution >= 0.6 is 24.0 Å². The van der Waals surface area contributed by atoms with E-state index in [9.17, 15) is 9.18 Å². The smallest absolute Gasteiger partial charge is 0.409 e. The van der Waals surface area contributed by atoms with Crippen LogP contribution in [-0.4, -0.2) is 68.2 Å². The number of halogens is 2. The van der Waals surface area contributed by atoms with Crippen LogP contribution in [0.5, 0.6) is 0 Å². The number of hydrogen-bond acceptors (Lipinski definition) is 3. The van der Waals surface area contributed by atoms with E-state index in [1.165, 1.54) is 6.07 Å². The second-order valence-corrected chi connectivity index (χ2v) is 6.83. The van der Waals surface area contributed by atoms with Gasteiger partial charge in [-0.3, -0.25) is 4.99 Å². The summed E-state index contributed by atoms with van der Waals surface area (Å²) in [5.41, 5.74) is 0.656. The van der Waals surface area contributed by atoms with E-state index in [0.29, 0.717) is 39.3 Å². The minimum atomic E-state index is -0.258. The fourth-order valence-electron chi connectivity index (χ4n) is 3.48. The van der Waals surface area contributed by atoms with Gasteiger partial charge in [0.25, 0.3) is 0 Å². The van der Waals surface area contributed by atoms with E-state index in [0.717, 1.165) is 24.4 Å². The molecule has 0 atom stereocenters. The first-order valence-electron chi connectivity index (χ1n) is 9.22. The molecule has 1 aliphatic carbocycles. The highest BCUT2D eigenvalue weighted by molar-refractivity contribution is 14.0. The first kappa shape index (κ1) is 21.7. The fraction of sp³-hybridized carbons (Fsp3) is 0.579. The normalized spacial score (nSPS) is 18.6. The van der Waals surface area contributed by atoms with Gasteiger partial charge >= 0.3 is 6.09 Å². The van der Waals surface area contributed by atoms with Gasteiger partial charge < -0.3 is 19.9 Å². The van der Waals surface area contributed by atoms with Crippen molar-refractivity contribution in [1.29, 1.82) is 0 Å². The van der Waals surface area contributed by atoms with Gasteiger partial charge in [-0.15, -0.1) is 24.0 Å². The number of aliphatic imine (C=N–C) groups is 1. The molecule has 1 aromatic rings. The number of guanidine groups is 1. The van der Waals surface area contributed by atoms with Crippen LogP contribution in [-0.2, 0) is 10.2 Å². The van der Waals surface area contributed by atoms with Crippen LogP contribution in [0.25, 0.3) is 0 Å². The van der Waals surface area contributed by atoms with Crippen LogP contribution < -0.4 is 5.32 Å². The summed E-state index contributed by atoms with van der Waals surface area (Å²) in [7, 11) is 1.75. The SMILES string of the molecule is CCOC(=O)N1CCN(C(=NC)NCC2(c3ccccc3F)CC2)CC1.I. The second kappa shape index (κ2) is 9.57. The topological polar surface area (TPSA) is 57.2 Å². The molecule has 27 heavy (non-hydrogen) atoms. The molecular formula is C19H28FIN4O2. The summed E-state index contributed by atoms with van der Waals surface area (Å²) in [6, 6.07) is 7.02. The van der Waals surface area contributed by atoms with Crippen molar-refractivity contribution in [2.75, 3.05) is 46.4 Å². The van der Waals surface area contributed by atoms with Gasteiger partial charge in [-0.2, -0.15) is 0 Å². The molecule has 0 aromatic heterocycles. The highest BCUT2D eigenvalue weighted by Crippen LogP contribution is 2.48. The number of carbonyl (C=O) groups excluding carboxylic acids is 1. The Bertz CT molecular complexity index is 673. The van der Waals surface area contributed by atoms with Crippen molar-refractivity contribution in [2.45, 2.75) is 25.2 Å². The number of nitrogens with zero attached hydrogens (tertiary/aromatic N) is 3. The number of benzene rings is 1. The number of rotatable bonds is 4. The Morgan fingerprint density at radius 3 is 2.41 bits per heavy atom. The molecule has 1 amide bonds. The molecule has 2 aliphatic rings. The summed E-state index contributed by atoms with van der Waals surface area (Å²) in [6.45, 7) is 5.48. The maximum Gasteiger partial charge on any atom is 0.409 e. The van der Waals surface area contributed by atoms with E-state index in [1.807, 2.05) is 19.1 Å². The van der Waals surface area contributed by atoms with Crippen molar-refractivity contribution >= 4 is 36.0 Å². The van der Waals surface area contributed by atoms with Gasteiger partial charge in [-0.1, -0.05) is 18.2 Å². The predicted octanol–water partition coefficient (Wildman–Crippen LogP) is 2.82. The molecule has 1 aliphatic heterocycles. The lowest BCUT2D eigenvalue weighted by Gasteiger charge is -2.36. The van der Waals surface area contributed by atoms with Gasteiger partial charge in [0, 0.05) is 45.2 Å². The molecule has 1 aromatic carbocycles. The highest BCUT2D eigenvalue weighted by Gasteiger charge is 2.46. The third-order valence-corrected chi connectivity index (χ3v) is 5.20. The Morgan fingerprint density at radius 2 is 1.85 bits per heavy atom. The minimum absolute atomic E-state index is 0. The fourth-order valence-corrected chi connectivity index (χ4v) is 3.48. The molecule has 1 saturated heterocycles. The second-order valence-electron chi connectivity index (χ2n) is 6.83. The van der Waals surface area contributed by atoms with E-state index in [2.05, 4.69) is 15.2 Å². The van der Waals surface area contributed by atoms with E-state index >= 15 is 0 Å². The van der Waals surface area contributed by atoms with Crippen LogP contribution in [0.1, 0.15) is 25.3 Å². The number of nitrogens with one attached hydrogen (secondary N) is 1. The van der Waals surface area contributed by atoms with Gasteiger partial charge in [-0.05, 0) is 31.4 Å². The third-order valence-electron chi connectivity index (χ3n) is 5.20. The average Bonchev–Trinajstić information content (AvgIpc) is 3.44. The standard InChI is InChI=1S/C19H27FN4O2.HI/c1-3-26-18(25)24-12-10-23(11-13-24)17(21-2)22-14-19(8-9-19)15-6-4-5-7-16(15)20;/h4-7H,3,8-14H2,1-2H3,(H,21,22);1H. The van der Waals surface area contributed by atoms with Crippen molar-refractivity contribution in [2.24, 2.45) is 4.99 Å². The molecular weight excluding hydrogens is 462 g/mol. The van der Waals surface area contributed by atoms with Crippen molar-refractivity contribution in [3.63, 3.8) is 0 Å². The van der Waals surface area contributed by atoms with Gasteiger partial charge in [0.05, 0.1) is 6.61 Å². The lowest BCUT2D eigenvalue weighted by molar-refractivity contribution is 0.0914. The van der Waals surface area contributed by atoms with Gasteiger partial charge in [0.15, 0.2) is 5.96 Å². The van der Waals surface area contributed by atoms with Gasteiger partial charge in [0.2, 0.25) is 0 Å². The molecule has 8 heteroatoms. The van der Waals surface area contributed by atoms with Gasteiger partial charge in [-0.25, -0.2) is 9.18 Å². The summed E-state index contributed by atoms with van der Waals surface area (Å²) in [5.74, 6) is 0.668. The first-order valence-corrected chi connectivity index (χ1v) is 9.22. The molecule has 3 rings (SSSR count). The molecule has 0 spiro atoms. The summed E-state index contributed by atoms with van der Waals surface area (Å²) >= 11 is 0. The van der Waals surface area contributed by atoms with Crippen molar-refractivity contribution in [3.8, 4) is 0 Å². The number of piperazine rings is 1. The zero-order valence-corrected chi connectivity index (χ0v) is 18.2. The zero-order chi connectivity index (χ0) is 18.6. The quantitative estimate of drug-likeness (QED) is 0.401. The Morgan fingerprint density at radius 1 is 1.22 bits per heavy atom. The molecule has 150 valence electrons. The van der Waals surface area contributed by atoms with Crippen molar-refractivity contribution in [3.05, 3.63) is 35.6 Å². The molecule has 2 fully saturated rings. The van der Waals surface area contributed by atoms with Crippen LogP contribution in [0.3, 0.4) is 0 Å². The largest absolute Gasteiger partial charge is 0.450 e. The Hall–Kier alpha value is -1.58. The average molecular weight is 490 g/mol. The molecule has 1 N–H and O–H groups in total. The molecule has 0 bridgehead atoms. The first-order chi connectivity index (χ1) is 12.6. The molecule has 0 radical (unpaired) electrons. The summed E-state index contributed by atoms with van der Waals surface area (Å²) in [5, 5.41) is 3.41. The Balaban J connectivity index is 0.00000261. The van der Waals surface area contributed by atoms with Gasteiger partial charge in [0.1, 0.15) is 5.82 Å². The van der Waals surface area contributed by atoms with Crippen molar-refractivity contribution in [1.82, 2.24) is 15.1 Å². The maximum absolute atomic E-state index is 14.1.